The number of carbonyl (C=O) groups is 1. The van der Waals surface area contributed by atoms with Gasteiger partial charge in [-0.15, -0.1) is 0 Å². The van der Waals surface area contributed by atoms with Gasteiger partial charge in [-0.2, -0.15) is 0 Å². The highest BCUT2D eigenvalue weighted by Gasteiger charge is 2.41. The lowest BCUT2D eigenvalue weighted by Gasteiger charge is -2.22. The van der Waals surface area contributed by atoms with E-state index in [0.29, 0.717) is 18.4 Å². The molecule has 0 saturated carbocycles. The van der Waals surface area contributed by atoms with Gasteiger partial charge in [-0.1, -0.05) is 50.1 Å². The summed E-state index contributed by atoms with van der Waals surface area (Å²) in [7, 11) is -4.20. The summed E-state index contributed by atoms with van der Waals surface area (Å²) >= 11 is 0. The van der Waals surface area contributed by atoms with Crippen LogP contribution in [-0.4, -0.2) is 21.9 Å². The molecule has 0 aliphatic rings. The van der Waals surface area contributed by atoms with Crippen molar-refractivity contribution in [1.29, 1.82) is 0 Å². The summed E-state index contributed by atoms with van der Waals surface area (Å²) < 4.78 is 26.3. The highest BCUT2D eigenvalue weighted by molar-refractivity contribution is 7.57. The summed E-state index contributed by atoms with van der Waals surface area (Å²) in [4.78, 5) is 20.9. The number of alkyl halides is 1. The number of carboxylic acid groups (broad SMARTS) is 1. The molecule has 0 bridgehead atoms. The van der Waals surface area contributed by atoms with Gasteiger partial charge in [-0.05, 0) is 12.0 Å². The Morgan fingerprint density at radius 3 is 2.45 bits per heavy atom. The van der Waals surface area contributed by atoms with E-state index in [1.807, 2.05) is 6.92 Å². The Labute approximate surface area is 118 Å². The Bertz CT molecular complexity index is 477. The van der Waals surface area contributed by atoms with Crippen LogP contribution < -0.4 is 0 Å². The van der Waals surface area contributed by atoms with Gasteiger partial charge in [0.15, 0.2) is 5.91 Å². The van der Waals surface area contributed by atoms with Crippen LogP contribution in [0.4, 0.5) is 4.39 Å². The first kappa shape index (κ1) is 16.9. The lowest BCUT2D eigenvalue weighted by Crippen LogP contribution is -2.25. The van der Waals surface area contributed by atoms with Crippen LogP contribution in [0.3, 0.4) is 0 Å². The molecule has 1 aromatic carbocycles. The molecule has 1 rings (SSSR count). The fourth-order valence-electron chi connectivity index (χ4n) is 2.02. The van der Waals surface area contributed by atoms with Gasteiger partial charge in [-0.3, -0.25) is 9.36 Å². The zero-order valence-corrected chi connectivity index (χ0v) is 12.3. The molecule has 3 unspecified atom stereocenters. The standard InChI is InChI=1S/C14H20FO4P/c1-2-3-9-12(14(16)17)13(15)20(18,19)10-11-7-5-4-6-8-11/h4-8,12-13H,2-3,9-10H2,1H3,(H,16,17)(H,18,19). The van der Waals surface area contributed by atoms with Crippen LogP contribution in [0.25, 0.3) is 0 Å². The Morgan fingerprint density at radius 2 is 1.95 bits per heavy atom. The highest BCUT2D eigenvalue weighted by atomic mass is 31.2. The molecule has 0 fully saturated rings. The van der Waals surface area contributed by atoms with Gasteiger partial charge in [0.2, 0.25) is 7.37 Å². The minimum Gasteiger partial charge on any atom is -0.481 e. The molecule has 0 aromatic heterocycles. The molecule has 0 amide bonds. The minimum absolute atomic E-state index is 0.0757. The molecule has 0 heterocycles. The van der Waals surface area contributed by atoms with E-state index in [4.69, 9.17) is 5.11 Å². The second kappa shape index (κ2) is 7.55. The molecule has 112 valence electrons. The number of carboxylic acids is 1. The second-order valence-electron chi connectivity index (χ2n) is 4.86. The molecule has 0 aliphatic heterocycles. The van der Waals surface area contributed by atoms with Crippen LogP contribution in [0.2, 0.25) is 0 Å². The van der Waals surface area contributed by atoms with Gasteiger partial charge in [0.05, 0.1) is 12.1 Å². The predicted molar refractivity (Wildman–Crippen MR) is 75.5 cm³/mol. The number of aliphatic carboxylic acids is 1. The predicted octanol–water partition coefficient (Wildman–Crippen LogP) is 3.64. The fraction of sp³-hybridized carbons (Fsp3) is 0.500. The van der Waals surface area contributed by atoms with Crippen LogP contribution in [0.1, 0.15) is 31.7 Å². The summed E-state index contributed by atoms with van der Waals surface area (Å²) in [5, 5.41) is 9.03. The molecular formula is C14H20FO4P. The number of hydrogen-bond acceptors (Lipinski definition) is 2. The van der Waals surface area contributed by atoms with Gasteiger partial charge >= 0.3 is 5.97 Å². The Balaban J connectivity index is 2.83. The first-order chi connectivity index (χ1) is 9.38. The van der Waals surface area contributed by atoms with E-state index in [2.05, 4.69) is 0 Å². The molecular weight excluding hydrogens is 282 g/mol. The maximum absolute atomic E-state index is 14.2. The first-order valence-electron chi connectivity index (χ1n) is 6.60. The molecule has 6 heteroatoms. The lowest BCUT2D eigenvalue weighted by atomic mass is 10.0. The van der Waals surface area contributed by atoms with E-state index in [9.17, 15) is 18.6 Å². The van der Waals surface area contributed by atoms with Gasteiger partial charge in [0, 0.05) is 0 Å². The van der Waals surface area contributed by atoms with Crippen LogP contribution >= 0.6 is 7.37 Å². The van der Waals surface area contributed by atoms with Crippen molar-refractivity contribution in [2.45, 2.75) is 38.3 Å². The third kappa shape index (κ3) is 4.73. The molecule has 20 heavy (non-hydrogen) atoms. The normalized spacial score (nSPS) is 17.1. The van der Waals surface area contributed by atoms with E-state index in [1.165, 1.54) is 0 Å². The van der Waals surface area contributed by atoms with Crippen molar-refractivity contribution in [3.63, 3.8) is 0 Å². The van der Waals surface area contributed by atoms with Crippen molar-refractivity contribution in [1.82, 2.24) is 0 Å². The van der Waals surface area contributed by atoms with Gasteiger partial charge in [0.25, 0.3) is 0 Å². The van der Waals surface area contributed by atoms with Crippen LogP contribution in [0.15, 0.2) is 30.3 Å². The van der Waals surface area contributed by atoms with E-state index in [1.54, 1.807) is 30.3 Å². The summed E-state index contributed by atoms with van der Waals surface area (Å²) in [6.45, 7) is 1.86. The number of rotatable bonds is 8. The maximum Gasteiger partial charge on any atom is 0.310 e. The van der Waals surface area contributed by atoms with E-state index in [0.717, 1.165) is 0 Å². The van der Waals surface area contributed by atoms with Crippen molar-refractivity contribution < 1.29 is 23.7 Å². The average molecular weight is 302 g/mol. The lowest BCUT2D eigenvalue weighted by molar-refractivity contribution is -0.143. The molecule has 1 aromatic rings. The first-order valence-corrected chi connectivity index (χ1v) is 8.52. The van der Waals surface area contributed by atoms with Gasteiger partial charge in [0.1, 0.15) is 0 Å². The topological polar surface area (TPSA) is 74.6 Å². The number of unbranched alkanes of at least 4 members (excludes halogenated alkanes) is 1. The third-order valence-corrected chi connectivity index (χ3v) is 5.10. The Hall–Kier alpha value is -1.19. The Morgan fingerprint density at radius 1 is 1.35 bits per heavy atom. The van der Waals surface area contributed by atoms with Gasteiger partial charge < -0.3 is 10.00 Å². The van der Waals surface area contributed by atoms with Crippen LogP contribution in [0.5, 0.6) is 0 Å². The zero-order valence-electron chi connectivity index (χ0n) is 11.4. The van der Waals surface area contributed by atoms with Crippen molar-refractivity contribution in [2.24, 2.45) is 5.92 Å². The molecule has 0 saturated heterocycles. The molecule has 0 radical (unpaired) electrons. The number of benzene rings is 1. The zero-order chi connectivity index (χ0) is 15.2. The van der Waals surface area contributed by atoms with Crippen molar-refractivity contribution >= 4 is 13.3 Å². The van der Waals surface area contributed by atoms with Crippen molar-refractivity contribution in [3.05, 3.63) is 35.9 Å². The Kier molecular flexibility index (Phi) is 6.37. The monoisotopic (exact) mass is 302 g/mol. The van der Waals surface area contributed by atoms with Gasteiger partial charge in [-0.25, -0.2) is 4.39 Å². The van der Waals surface area contributed by atoms with E-state index >= 15 is 0 Å². The number of halogens is 1. The molecule has 2 N–H and O–H groups in total. The van der Waals surface area contributed by atoms with E-state index < -0.39 is 25.2 Å². The van der Waals surface area contributed by atoms with Crippen LogP contribution in [-0.2, 0) is 15.5 Å². The second-order valence-corrected chi connectivity index (χ2v) is 7.18. The van der Waals surface area contributed by atoms with Crippen molar-refractivity contribution in [3.8, 4) is 0 Å². The number of hydrogen-bond donors (Lipinski definition) is 2. The summed E-state index contributed by atoms with van der Waals surface area (Å²) in [5.41, 5.74) is 0.528. The highest BCUT2D eigenvalue weighted by Crippen LogP contribution is 2.53. The van der Waals surface area contributed by atoms with Crippen molar-refractivity contribution in [2.75, 3.05) is 0 Å². The molecule has 0 spiro atoms. The summed E-state index contributed by atoms with van der Waals surface area (Å²) in [6, 6.07) is 8.37. The quantitative estimate of drug-likeness (QED) is 0.719. The average Bonchev–Trinajstić information content (AvgIpc) is 2.39. The summed E-state index contributed by atoms with van der Waals surface area (Å²) in [5.74, 6) is -5.01. The largest absolute Gasteiger partial charge is 0.481 e. The molecule has 0 aliphatic carbocycles. The van der Waals surface area contributed by atoms with E-state index in [-0.39, 0.29) is 12.6 Å². The molecule has 4 nitrogen and oxygen atoms in total. The molecule has 3 atom stereocenters. The summed E-state index contributed by atoms with van der Waals surface area (Å²) in [6.07, 6.45) is 0.963. The SMILES string of the molecule is CCCCC(C(=O)O)C(F)P(=O)(O)Cc1ccccc1. The fourth-order valence-corrected chi connectivity index (χ4v) is 3.76. The minimum atomic E-state index is -4.20. The smallest absolute Gasteiger partial charge is 0.310 e. The maximum atomic E-state index is 14.2. The third-order valence-electron chi connectivity index (χ3n) is 3.16. The van der Waals surface area contributed by atoms with Crippen LogP contribution in [0, 0.1) is 5.92 Å².